The molecule has 0 amide bonds. The van der Waals surface area contributed by atoms with Crippen molar-refractivity contribution in [3.8, 4) is 11.5 Å². The summed E-state index contributed by atoms with van der Waals surface area (Å²) in [5.74, 6) is 1.28. The highest BCUT2D eigenvalue weighted by Gasteiger charge is 2.09. The normalized spacial score (nSPS) is 11.2. The van der Waals surface area contributed by atoms with E-state index in [1.54, 1.807) is 24.3 Å². The largest absolute Gasteiger partial charge is 0.618 e. The van der Waals surface area contributed by atoms with E-state index in [0.717, 1.165) is 20.2 Å². The van der Waals surface area contributed by atoms with E-state index >= 15 is 0 Å². The second kappa shape index (κ2) is 12.7. The summed E-state index contributed by atoms with van der Waals surface area (Å²) in [5.41, 5.74) is 1.14. The quantitative estimate of drug-likeness (QED) is 0.155. The second-order valence-corrected chi connectivity index (χ2v) is 7.61. The van der Waals surface area contributed by atoms with Crippen LogP contribution in [0.3, 0.4) is 0 Å². The Morgan fingerprint density at radius 3 is 2.00 bits per heavy atom. The van der Waals surface area contributed by atoms with E-state index in [1.807, 2.05) is 36.4 Å². The highest BCUT2D eigenvalue weighted by Crippen LogP contribution is 2.22. The molecule has 35 heavy (non-hydrogen) atoms. The topological polar surface area (TPSA) is 100 Å². The zero-order valence-corrected chi connectivity index (χ0v) is 19.3. The van der Waals surface area contributed by atoms with Crippen LogP contribution < -0.4 is 18.9 Å². The van der Waals surface area contributed by atoms with Crippen LogP contribution in [-0.4, -0.2) is 52.9 Å². The van der Waals surface area contributed by atoms with Crippen LogP contribution in [0.5, 0.6) is 11.5 Å². The number of para-hydroxylation sites is 1. The summed E-state index contributed by atoms with van der Waals surface area (Å²) in [7, 11) is 0. The van der Waals surface area contributed by atoms with Crippen LogP contribution in [0.4, 0.5) is 0 Å². The molecule has 4 aromatic rings. The van der Waals surface area contributed by atoms with E-state index in [-0.39, 0.29) is 0 Å². The predicted octanol–water partition coefficient (Wildman–Crippen LogP) is 2.77. The van der Waals surface area contributed by atoms with Crippen LogP contribution in [0.25, 0.3) is 21.8 Å². The molecule has 9 heteroatoms. The molecule has 0 saturated carbocycles. The van der Waals surface area contributed by atoms with Crippen molar-refractivity contribution in [1.82, 2.24) is 0 Å². The van der Waals surface area contributed by atoms with Crippen LogP contribution >= 0.6 is 0 Å². The van der Waals surface area contributed by atoms with Crippen molar-refractivity contribution in [3.05, 3.63) is 83.5 Å². The average Bonchev–Trinajstić information content (AvgIpc) is 2.88. The van der Waals surface area contributed by atoms with Crippen LogP contribution in [0, 0.1) is 10.4 Å². The molecular formula is C26H28N2O7. The Labute approximate surface area is 203 Å². The van der Waals surface area contributed by atoms with E-state index in [2.05, 4.69) is 0 Å². The zero-order valence-electron chi connectivity index (χ0n) is 19.3. The fourth-order valence-electron chi connectivity index (χ4n) is 3.53. The molecule has 2 aromatic carbocycles. The van der Waals surface area contributed by atoms with Gasteiger partial charge < -0.3 is 34.1 Å². The van der Waals surface area contributed by atoms with Crippen molar-refractivity contribution in [3.63, 3.8) is 0 Å². The first kappa shape index (κ1) is 24.5. The smallest absolute Gasteiger partial charge is 0.227 e. The summed E-state index contributed by atoms with van der Waals surface area (Å²) in [5, 5.41) is 25.3. The molecule has 0 bridgehead atoms. The molecule has 0 atom stereocenters. The maximum absolute atomic E-state index is 11.8. The third-order valence-electron chi connectivity index (χ3n) is 5.23. The van der Waals surface area contributed by atoms with Gasteiger partial charge in [-0.1, -0.05) is 12.1 Å². The number of fused-ring (bicyclic) bond motifs is 2. The van der Waals surface area contributed by atoms with Gasteiger partial charge in [0.2, 0.25) is 11.0 Å². The average molecular weight is 481 g/mol. The van der Waals surface area contributed by atoms with Crippen LogP contribution in [0.2, 0.25) is 0 Å². The highest BCUT2D eigenvalue weighted by molar-refractivity contribution is 5.82. The molecule has 0 unspecified atom stereocenters. The maximum atomic E-state index is 11.8. The van der Waals surface area contributed by atoms with Gasteiger partial charge in [0.05, 0.1) is 51.1 Å². The van der Waals surface area contributed by atoms with Crippen LogP contribution in [0.15, 0.2) is 73.1 Å². The highest BCUT2D eigenvalue weighted by atomic mass is 16.6. The Hall–Kier alpha value is -3.66. The van der Waals surface area contributed by atoms with E-state index in [1.165, 1.54) is 12.4 Å². The number of nitrogens with zero attached hydrogens (tertiary/aromatic N) is 2. The van der Waals surface area contributed by atoms with E-state index in [0.29, 0.717) is 75.4 Å². The Bertz CT molecular complexity index is 1230. The minimum Gasteiger partial charge on any atom is -0.618 e. The molecule has 0 fully saturated rings. The molecule has 4 rings (SSSR count). The standard InChI is InChI=1S/C26H28N2O7/c29-27-10-3-4-21-7-8-22(20-25(21)27)34-18-16-32-14-12-31-13-15-33-17-19-35-26-9-11-28(30)24-6-2-1-5-23(24)26/h1-11,20H,12-19H2. The molecule has 2 aromatic heterocycles. The fraction of sp³-hybridized carbons (Fsp3) is 0.308. The first-order valence-electron chi connectivity index (χ1n) is 11.4. The molecule has 0 N–H and O–H groups in total. The van der Waals surface area contributed by atoms with Crippen molar-refractivity contribution in [2.24, 2.45) is 0 Å². The van der Waals surface area contributed by atoms with Gasteiger partial charge in [-0.25, -0.2) is 0 Å². The van der Waals surface area contributed by atoms with Gasteiger partial charge in [-0.15, -0.1) is 0 Å². The third kappa shape index (κ3) is 6.92. The van der Waals surface area contributed by atoms with E-state index in [4.69, 9.17) is 23.7 Å². The lowest BCUT2D eigenvalue weighted by atomic mass is 10.2. The number of ether oxygens (including phenoxy) is 5. The van der Waals surface area contributed by atoms with Crippen LogP contribution in [0.1, 0.15) is 0 Å². The maximum Gasteiger partial charge on any atom is 0.227 e. The monoisotopic (exact) mass is 480 g/mol. The Morgan fingerprint density at radius 1 is 0.571 bits per heavy atom. The number of hydrogen-bond acceptors (Lipinski definition) is 7. The molecule has 0 saturated heterocycles. The first-order valence-corrected chi connectivity index (χ1v) is 11.4. The number of hydrogen-bond donors (Lipinski definition) is 0. The van der Waals surface area contributed by atoms with Crippen molar-refractivity contribution in [2.45, 2.75) is 0 Å². The van der Waals surface area contributed by atoms with Gasteiger partial charge in [-0.05, 0) is 24.3 Å². The van der Waals surface area contributed by atoms with Gasteiger partial charge in [0.15, 0.2) is 12.4 Å². The first-order chi connectivity index (χ1) is 17.2. The summed E-state index contributed by atoms with van der Waals surface area (Å²) in [6.45, 7) is 3.40. The Morgan fingerprint density at radius 2 is 1.23 bits per heavy atom. The van der Waals surface area contributed by atoms with E-state index in [9.17, 15) is 10.4 Å². The van der Waals surface area contributed by atoms with Crippen molar-refractivity contribution in [1.29, 1.82) is 0 Å². The minimum absolute atomic E-state index is 0.377. The minimum atomic E-state index is 0.377. The molecular weight excluding hydrogens is 452 g/mol. The van der Waals surface area contributed by atoms with Crippen molar-refractivity contribution in [2.75, 3.05) is 52.9 Å². The number of pyridine rings is 2. The molecule has 0 aliphatic rings. The lowest BCUT2D eigenvalue weighted by molar-refractivity contribution is -0.577. The second-order valence-electron chi connectivity index (χ2n) is 7.61. The number of rotatable bonds is 14. The zero-order chi connectivity index (χ0) is 24.3. The summed E-state index contributed by atoms with van der Waals surface area (Å²) in [4.78, 5) is 0. The number of benzene rings is 2. The number of aromatic nitrogens is 2. The molecule has 0 spiro atoms. The lowest BCUT2D eigenvalue weighted by Crippen LogP contribution is -2.26. The van der Waals surface area contributed by atoms with Crippen molar-refractivity contribution >= 4 is 21.8 Å². The van der Waals surface area contributed by atoms with Gasteiger partial charge in [0.1, 0.15) is 24.7 Å². The third-order valence-corrected chi connectivity index (χ3v) is 5.23. The summed E-state index contributed by atoms with van der Waals surface area (Å²) in [6.07, 6.45) is 2.90. The van der Waals surface area contributed by atoms with Gasteiger partial charge in [-0.3, -0.25) is 0 Å². The molecule has 2 heterocycles. The Kier molecular flexibility index (Phi) is 8.88. The van der Waals surface area contributed by atoms with Crippen molar-refractivity contribution < 1.29 is 33.1 Å². The van der Waals surface area contributed by atoms with Gasteiger partial charge in [0.25, 0.3) is 0 Å². The molecule has 184 valence electrons. The molecule has 0 aliphatic carbocycles. The molecule has 0 radical (unpaired) electrons. The van der Waals surface area contributed by atoms with Gasteiger partial charge in [0, 0.05) is 23.6 Å². The predicted molar refractivity (Wildman–Crippen MR) is 129 cm³/mol. The van der Waals surface area contributed by atoms with Gasteiger partial charge >= 0.3 is 0 Å². The molecule has 9 nitrogen and oxygen atoms in total. The van der Waals surface area contributed by atoms with E-state index < -0.39 is 0 Å². The van der Waals surface area contributed by atoms with Crippen LogP contribution in [-0.2, 0) is 14.2 Å². The summed E-state index contributed by atoms with van der Waals surface area (Å²) in [6, 6.07) is 18.0. The SMILES string of the molecule is [O-][n+]1cccc2ccc(OCCOCCOCCOCCOc3cc[n+]([O-])c4ccccc34)cc21. The molecule has 0 aliphatic heterocycles. The Balaban J connectivity index is 1.00. The lowest BCUT2D eigenvalue weighted by Gasteiger charge is -2.10. The summed E-state index contributed by atoms with van der Waals surface area (Å²) >= 11 is 0. The summed E-state index contributed by atoms with van der Waals surface area (Å²) < 4.78 is 29.6. The fourth-order valence-corrected chi connectivity index (χ4v) is 3.53. The van der Waals surface area contributed by atoms with Gasteiger partial charge in [-0.2, -0.15) is 9.46 Å².